The maximum atomic E-state index is 12.0. The molecule has 2 unspecified atom stereocenters. The third-order valence-electron chi connectivity index (χ3n) is 2.77. The minimum absolute atomic E-state index is 0.102. The lowest BCUT2D eigenvalue weighted by Crippen LogP contribution is -2.48. The van der Waals surface area contributed by atoms with Crippen molar-refractivity contribution in [1.29, 1.82) is 0 Å². The van der Waals surface area contributed by atoms with Gasteiger partial charge in [0.2, 0.25) is 0 Å². The Labute approximate surface area is 115 Å². The van der Waals surface area contributed by atoms with Crippen LogP contribution in [0.15, 0.2) is 0 Å². The first-order chi connectivity index (χ1) is 8.48. The average Bonchev–Trinajstić information content (AvgIpc) is 2.11. The summed E-state index contributed by atoms with van der Waals surface area (Å²) >= 11 is 0. The topological polar surface area (TPSA) is 72.9 Å². The number of rotatable bonds is 2. The normalized spacial score (nSPS) is 25.2. The smallest absolute Gasteiger partial charge is 0.410 e. The van der Waals surface area contributed by atoms with Crippen LogP contribution >= 0.6 is 0 Å². The molecule has 0 N–H and O–H groups in total. The van der Waals surface area contributed by atoms with Gasteiger partial charge in [-0.3, -0.25) is 4.18 Å². The molecule has 19 heavy (non-hydrogen) atoms. The van der Waals surface area contributed by atoms with Crippen molar-refractivity contribution < 1.29 is 22.1 Å². The number of likely N-dealkylation sites (tertiary alicyclic amines) is 1. The summed E-state index contributed by atoms with van der Waals surface area (Å²) in [5.74, 6) is 0. The van der Waals surface area contributed by atoms with Gasteiger partial charge in [0, 0.05) is 12.6 Å². The highest BCUT2D eigenvalue weighted by Crippen LogP contribution is 2.23. The Bertz CT molecular complexity index is 426. The minimum atomic E-state index is -3.45. The highest BCUT2D eigenvalue weighted by molar-refractivity contribution is 7.86. The lowest BCUT2D eigenvalue weighted by atomic mass is 10.0. The molecule has 2 atom stereocenters. The van der Waals surface area contributed by atoms with E-state index in [0.717, 1.165) is 6.26 Å². The summed E-state index contributed by atoms with van der Waals surface area (Å²) in [7, 11) is -3.45. The molecule has 0 bridgehead atoms. The molecule has 1 fully saturated rings. The summed E-state index contributed by atoms with van der Waals surface area (Å²) < 4.78 is 32.4. The molecule has 1 aliphatic heterocycles. The maximum Gasteiger partial charge on any atom is 0.410 e. The largest absolute Gasteiger partial charge is 0.444 e. The molecule has 7 heteroatoms. The lowest BCUT2D eigenvalue weighted by Gasteiger charge is -2.37. The predicted molar refractivity (Wildman–Crippen MR) is 71.4 cm³/mol. The van der Waals surface area contributed by atoms with E-state index < -0.39 is 15.7 Å². The van der Waals surface area contributed by atoms with E-state index in [2.05, 4.69) is 0 Å². The molecule has 6 nitrogen and oxygen atoms in total. The Morgan fingerprint density at radius 1 is 1.32 bits per heavy atom. The van der Waals surface area contributed by atoms with Crippen molar-refractivity contribution in [3.63, 3.8) is 0 Å². The van der Waals surface area contributed by atoms with Gasteiger partial charge < -0.3 is 9.64 Å². The van der Waals surface area contributed by atoms with Gasteiger partial charge in [0.25, 0.3) is 10.1 Å². The van der Waals surface area contributed by atoms with Gasteiger partial charge in [-0.25, -0.2) is 4.79 Å². The molecule has 0 aliphatic carbocycles. The van der Waals surface area contributed by atoms with Crippen LogP contribution in [0.2, 0.25) is 0 Å². The summed E-state index contributed by atoms with van der Waals surface area (Å²) in [6.45, 7) is 7.75. The van der Waals surface area contributed by atoms with Gasteiger partial charge in [-0.1, -0.05) is 0 Å². The predicted octanol–water partition coefficient (Wildman–Crippen LogP) is 1.75. The van der Waals surface area contributed by atoms with E-state index in [9.17, 15) is 13.2 Å². The van der Waals surface area contributed by atoms with Gasteiger partial charge in [-0.05, 0) is 40.5 Å². The second-order valence-corrected chi connectivity index (χ2v) is 7.57. The highest BCUT2D eigenvalue weighted by Gasteiger charge is 2.33. The van der Waals surface area contributed by atoms with Crippen LogP contribution in [0.1, 0.15) is 40.5 Å². The van der Waals surface area contributed by atoms with Crippen LogP contribution in [0, 0.1) is 0 Å². The number of piperidine rings is 1. The van der Waals surface area contributed by atoms with Gasteiger partial charge in [0.15, 0.2) is 0 Å². The Balaban J connectivity index is 2.57. The van der Waals surface area contributed by atoms with Gasteiger partial charge >= 0.3 is 6.09 Å². The van der Waals surface area contributed by atoms with E-state index in [4.69, 9.17) is 8.92 Å². The third-order valence-corrected chi connectivity index (χ3v) is 3.39. The van der Waals surface area contributed by atoms with Crippen LogP contribution < -0.4 is 0 Å². The van der Waals surface area contributed by atoms with Crippen LogP contribution in [-0.2, 0) is 19.0 Å². The van der Waals surface area contributed by atoms with E-state index in [-0.39, 0.29) is 18.2 Å². The zero-order valence-corrected chi connectivity index (χ0v) is 13.0. The molecule has 0 aromatic carbocycles. The second-order valence-electron chi connectivity index (χ2n) is 5.97. The standard InChI is InChI=1S/C12H23NO5S/c1-9-8-10(18-19(5,15)16)6-7-13(9)11(14)17-12(2,3)4/h9-10H,6-8H2,1-5H3. The van der Waals surface area contributed by atoms with Gasteiger partial charge in [-0.15, -0.1) is 0 Å². The molecule has 0 spiro atoms. The minimum Gasteiger partial charge on any atom is -0.444 e. The highest BCUT2D eigenvalue weighted by atomic mass is 32.2. The molecule has 1 rings (SSSR count). The number of hydrogen-bond donors (Lipinski definition) is 0. The van der Waals surface area contributed by atoms with Crippen LogP contribution in [0.3, 0.4) is 0 Å². The van der Waals surface area contributed by atoms with Crippen molar-refractivity contribution in [2.75, 3.05) is 12.8 Å². The molecule has 1 heterocycles. The lowest BCUT2D eigenvalue weighted by molar-refractivity contribution is -0.0000352. The number of nitrogens with zero attached hydrogens (tertiary/aromatic N) is 1. The molecule has 0 aromatic heterocycles. The van der Waals surface area contributed by atoms with Crippen LogP contribution in [0.5, 0.6) is 0 Å². The fourth-order valence-electron chi connectivity index (χ4n) is 2.06. The van der Waals surface area contributed by atoms with Crippen LogP contribution in [0.4, 0.5) is 4.79 Å². The fourth-order valence-corrected chi connectivity index (χ4v) is 2.72. The molecule has 112 valence electrons. The van der Waals surface area contributed by atoms with Crippen molar-refractivity contribution in [2.45, 2.75) is 58.3 Å². The van der Waals surface area contributed by atoms with Crippen molar-refractivity contribution in [3.8, 4) is 0 Å². The molecular formula is C12H23NO5S. The van der Waals surface area contributed by atoms with Crippen molar-refractivity contribution in [1.82, 2.24) is 4.90 Å². The van der Waals surface area contributed by atoms with E-state index >= 15 is 0 Å². The quantitative estimate of drug-likeness (QED) is 0.725. The Morgan fingerprint density at radius 2 is 1.89 bits per heavy atom. The summed E-state index contributed by atoms with van der Waals surface area (Å²) in [5, 5.41) is 0. The summed E-state index contributed by atoms with van der Waals surface area (Å²) in [5.41, 5.74) is -0.531. The van der Waals surface area contributed by atoms with Crippen LogP contribution in [0.25, 0.3) is 0 Å². The number of amides is 1. The summed E-state index contributed by atoms with van der Waals surface area (Å²) in [6, 6.07) is -0.102. The first-order valence-electron chi connectivity index (χ1n) is 6.36. The van der Waals surface area contributed by atoms with Gasteiger partial charge in [0.1, 0.15) is 5.60 Å². The first kappa shape index (κ1) is 16.2. The molecule has 1 amide bonds. The van der Waals surface area contributed by atoms with Gasteiger partial charge in [-0.2, -0.15) is 8.42 Å². The maximum absolute atomic E-state index is 12.0. The summed E-state index contributed by atoms with van der Waals surface area (Å²) in [6.07, 6.45) is 1.31. The molecule has 1 aliphatic rings. The monoisotopic (exact) mass is 293 g/mol. The summed E-state index contributed by atoms with van der Waals surface area (Å²) in [4.78, 5) is 13.6. The van der Waals surface area contributed by atoms with Crippen molar-refractivity contribution in [3.05, 3.63) is 0 Å². The van der Waals surface area contributed by atoms with E-state index in [1.165, 1.54) is 0 Å². The van der Waals surface area contributed by atoms with Crippen LogP contribution in [-0.4, -0.2) is 50.0 Å². The first-order valence-corrected chi connectivity index (χ1v) is 8.17. The van der Waals surface area contributed by atoms with E-state index in [1.807, 2.05) is 27.7 Å². The fraction of sp³-hybridized carbons (Fsp3) is 0.917. The second kappa shape index (κ2) is 5.66. The van der Waals surface area contributed by atoms with Crippen molar-refractivity contribution >= 4 is 16.2 Å². The number of hydrogen-bond acceptors (Lipinski definition) is 5. The number of ether oxygens (including phenoxy) is 1. The zero-order valence-electron chi connectivity index (χ0n) is 12.2. The molecule has 0 radical (unpaired) electrons. The Kier molecular flexibility index (Phi) is 4.84. The molecule has 0 saturated carbocycles. The molecular weight excluding hydrogens is 270 g/mol. The van der Waals surface area contributed by atoms with Gasteiger partial charge in [0.05, 0.1) is 12.4 Å². The number of carbonyl (C=O) groups excluding carboxylic acids is 1. The average molecular weight is 293 g/mol. The molecule has 1 saturated heterocycles. The Hall–Kier alpha value is -0.820. The Morgan fingerprint density at radius 3 is 2.32 bits per heavy atom. The van der Waals surface area contributed by atoms with E-state index in [1.54, 1.807) is 4.90 Å². The molecule has 0 aromatic rings. The number of carbonyl (C=O) groups is 1. The van der Waals surface area contributed by atoms with E-state index in [0.29, 0.717) is 19.4 Å². The zero-order chi connectivity index (χ0) is 14.8. The SMILES string of the molecule is CC1CC(OS(C)(=O)=O)CCN1C(=O)OC(C)(C)C. The third kappa shape index (κ3) is 5.78. The van der Waals surface area contributed by atoms with Crippen molar-refractivity contribution in [2.24, 2.45) is 0 Å².